The highest BCUT2D eigenvalue weighted by molar-refractivity contribution is 6.00. The van der Waals surface area contributed by atoms with Gasteiger partial charge >= 0.3 is 0 Å². The van der Waals surface area contributed by atoms with Crippen molar-refractivity contribution in [3.63, 3.8) is 0 Å². The Bertz CT molecular complexity index is 429. The average Bonchev–Trinajstić information content (AvgIpc) is 2.34. The Labute approximate surface area is 103 Å². The Hall–Kier alpha value is -1.31. The van der Waals surface area contributed by atoms with Gasteiger partial charge in [0, 0.05) is 5.92 Å². The van der Waals surface area contributed by atoms with E-state index in [1.807, 2.05) is 26.0 Å². The Kier molecular flexibility index (Phi) is 3.51. The molecule has 0 spiro atoms. The van der Waals surface area contributed by atoms with E-state index in [2.05, 4.69) is 0 Å². The van der Waals surface area contributed by atoms with Gasteiger partial charge in [-0.25, -0.2) is 0 Å². The normalized spacial score (nSPS) is 17.1. The summed E-state index contributed by atoms with van der Waals surface area (Å²) >= 11 is 0. The molecule has 1 saturated carbocycles. The smallest absolute Gasteiger partial charge is 0.169 e. The minimum atomic E-state index is 0.121. The number of phenolic OH excluding ortho intramolecular Hbond substituents is 1. The number of hydrogen-bond donors (Lipinski definition) is 1. The number of benzene rings is 1. The second-order valence-corrected chi connectivity index (χ2v) is 5.18. The molecule has 0 saturated heterocycles. The highest BCUT2D eigenvalue weighted by Gasteiger charge is 2.24. The van der Waals surface area contributed by atoms with Crippen LogP contribution in [0.5, 0.6) is 5.75 Å². The fraction of sp³-hybridized carbons (Fsp3) is 0.533. The van der Waals surface area contributed by atoms with Crippen molar-refractivity contribution in [3.8, 4) is 5.75 Å². The number of phenols is 1. The van der Waals surface area contributed by atoms with Crippen LogP contribution in [-0.2, 0) is 0 Å². The lowest BCUT2D eigenvalue weighted by molar-refractivity contribution is 0.0886. The lowest BCUT2D eigenvalue weighted by atomic mass is 9.83. The van der Waals surface area contributed by atoms with E-state index in [9.17, 15) is 9.90 Å². The minimum absolute atomic E-state index is 0.121. The minimum Gasteiger partial charge on any atom is -0.507 e. The molecule has 1 aromatic rings. The molecule has 92 valence electrons. The fourth-order valence-corrected chi connectivity index (χ4v) is 2.73. The lowest BCUT2D eigenvalue weighted by Crippen LogP contribution is -2.18. The van der Waals surface area contributed by atoms with Gasteiger partial charge in [-0.15, -0.1) is 0 Å². The molecule has 0 amide bonds. The first-order valence-electron chi connectivity index (χ1n) is 6.44. The largest absolute Gasteiger partial charge is 0.507 e. The van der Waals surface area contributed by atoms with Gasteiger partial charge in [0.25, 0.3) is 0 Å². The van der Waals surface area contributed by atoms with Crippen LogP contribution in [0.25, 0.3) is 0 Å². The van der Waals surface area contributed by atoms with Gasteiger partial charge in [0.2, 0.25) is 0 Å². The molecule has 2 heteroatoms. The van der Waals surface area contributed by atoms with Crippen molar-refractivity contribution < 1.29 is 9.90 Å². The molecular formula is C15H20O2. The van der Waals surface area contributed by atoms with Crippen molar-refractivity contribution in [2.75, 3.05) is 0 Å². The molecule has 1 aliphatic rings. The molecule has 1 fully saturated rings. The molecule has 1 aliphatic carbocycles. The van der Waals surface area contributed by atoms with Crippen LogP contribution >= 0.6 is 0 Å². The molecule has 1 N–H and O–H groups in total. The van der Waals surface area contributed by atoms with Gasteiger partial charge in [-0.3, -0.25) is 4.79 Å². The molecule has 17 heavy (non-hydrogen) atoms. The zero-order valence-corrected chi connectivity index (χ0v) is 10.6. The first-order chi connectivity index (χ1) is 8.09. The molecule has 2 rings (SSSR count). The molecule has 0 bridgehead atoms. The predicted octanol–water partition coefficient (Wildman–Crippen LogP) is 3.77. The van der Waals surface area contributed by atoms with E-state index in [1.54, 1.807) is 0 Å². The Morgan fingerprint density at radius 3 is 2.47 bits per heavy atom. The van der Waals surface area contributed by atoms with E-state index in [-0.39, 0.29) is 17.5 Å². The average molecular weight is 232 g/mol. The van der Waals surface area contributed by atoms with Crippen molar-refractivity contribution in [2.24, 2.45) is 5.92 Å². The van der Waals surface area contributed by atoms with E-state index in [0.717, 1.165) is 36.8 Å². The van der Waals surface area contributed by atoms with Crippen molar-refractivity contribution in [3.05, 3.63) is 28.8 Å². The number of ketones is 1. The van der Waals surface area contributed by atoms with Crippen molar-refractivity contribution in [2.45, 2.75) is 46.0 Å². The molecule has 0 radical (unpaired) electrons. The molecule has 0 aliphatic heterocycles. The summed E-state index contributed by atoms with van der Waals surface area (Å²) in [5.74, 6) is 0.427. The topological polar surface area (TPSA) is 37.3 Å². The standard InChI is InChI=1S/C15H20O2/c1-10-8-11(2)14(16)13(9-10)15(17)12-6-4-3-5-7-12/h8-9,12,16H,3-7H2,1-2H3. The quantitative estimate of drug-likeness (QED) is 0.788. The number of hydrogen-bond acceptors (Lipinski definition) is 2. The number of carbonyl (C=O) groups is 1. The SMILES string of the molecule is Cc1cc(C)c(O)c(C(=O)C2CCCCC2)c1. The Morgan fingerprint density at radius 1 is 1.18 bits per heavy atom. The van der Waals surface area contributed by atoms with Crippen LogP contribution in [0, 0.1) is 19.8 Å². The Balaban J connectivity index is 2.29. The van der Waals surface area contributed by atoms with E-state index in [1.165, 1.54) is 6.42 Å². The first kappa shape index (κ1) is 12.2. The fourth-order valence-electron chi connectivity index (χ4n) is 2.73. The van der Waals surface area contributed by atoms with Crippen LogP contribution in [0.2, 0.25) is 0 Å². The number of aromatic hydroxyl groups is 1. The highest BCUT2D eigenvalue weighted by atomic mass is 16.3. The number of aryl methyl sites for hydroxylation is 2. The zero-order valence-electron chi connectivity index (χ0n) is 10.6. The summed E-state index contributed by atoms with van der Waals surface area (Å²) in [6, 6.07) is 3.73. The van der Waals surface area contributed by atoms with Crippen LogP contribution in [0.4, 0.5) is 0 Å². The molecule has 1 aromatic carbocycles. The summed E-state index contributed by atoms with van der Waals surface area (Å²) < 4.78 is 0. The zero-order chi connectivity index (χ0) is 12.4. The van der Waals surface area contributed by atoms with Gasteiger partial charge in [0.1, 0.15) is 5.75 Å². The maximum atomic E-state index is 12.4. The summed E-state index contributed by atoms with van der Waals surface area (Å²) in [6.07, 6.45) is 5.48. The number of Topliss-reactive ketones (excluding diaryl/α,β-unsaturated/α-hetero) is 1. The molecule has 0 unspecified atom stereocenters. The molecular weight excluding hydrogens is 212 g/mol. The third-order valence-electron chi connectivity index (χ3n) is 3.69. The van der Waals surface area contributed by atoms with Gasteiger partial charge < -0.3 is 5.11 Å². The number of carbonyl (C=O) groups excluding carboxylic acids is 1. The molecule has 2 nitrogen and oxygen atoms in total. The Morgan fingerprint density at radius 2 is 1.82 bits per heavy atom. The van der Waals surface area contributed by atoms with Gasteiger partial charge in [0.05, 0.1) is 5.56 Å². The van der Waals surface area contributed by atoms with Crippen molar-refractivity contribution in [1.82, 2.24) is 0 Å². The van der Waals surface area contributed by atoms with Gasteiger partial charge in [0.15, 0.2) is 5.78 Å². The van der Waals surface area contributed by atoms with Crippen LogP contribution < -0.4 is 0 Å². The van der Waals surface area contributed by atoms with E-state index < -0.39 is 0 Å². The number of rotatable bonds is 2. The monoisotopic (exact) mass is 232 g/mol. The second kappa shape index (κ2) is 4.91. The first-order valence-corrected chi connectivity index (χ1v) is 6.44. The highest BCUT2D eigenvalue weighted by Crippen LogP contribution is 2.31. The summed E-state index contributed by atoms with van der Waals surface area (Å²) in [7, 11) is 0. The molecule has 0 aromatic heterocycles. The van der Waals surface area contributed by atoms with Crippen LogP contribution in [-0.4, -0.2) is 10.9 Å². The van der Waals surface area contributed by atoms with Crippen LogP contribution in [0.1, 0.15) is 53.6 Å². The maximum Gasteiger partial charge on any atom is 0.169 e. The van der Waals surface area contributed by atoms with Crippen molar-refractivity contribution >= 4 is 5.78 Å². The predicted molar refractivity (Wildman–Crippen MR) is 68.5 cm³/mol. The molecule has 0 atom stereocenters. The van der Waals surface area contributed by atoms with E-state index >= 15 is 0 Å². The van der Waals surface area contributed by atoms with E-state index in [4.69, 9.17) is 0 Å². The van der Waals surface area contributed by atoms with Crippen LogP contribution in [0.3, 0.4) is 0 Å². The summed E-state index contributed by atoms with van der Waals surface area (Å²) in [4.78, 5) is 12.4. The molecule has 0 heterocycles. The third-order valence-corrected chi connectivity index (χ3v) is 3.69. The van der Waals surface area contributed by atoms with Gasteiger partial charge in [-0.2, -0.15) is 0 Å². The van der Waals surface area contributed by atoms with Crippen molar-refractivity contribution in [1.29, 1.82) is 0 Å². The summed E-state index contributed by atoms with van der Waals surface area (Å²) in [6.45, 7) is 3.81. The maximum absolute atomic E-state index is 12.4. The lowest BCUT2D eigenvalue weighted by Gasteiger charge is -2.21. The van der Waals surface area contributed by atoms with Gasteiger partial charge in [-0.05, 0) is 43.9 Å². The van der Waals surface area contributed by atoms with E-state index in [0.29, 0.717) is 5.56 Å². The third kappa shape index (κ3) is 2.51. The van der Waals surface area contributed by atoms with Crippen LogP contribution in [0.15, 0.2) is 12.1 Å². The van der Waals surface area contributed by atoms with Gasteiger partial charge in [-0.1, -0.05) is 25.3 Å². The summed E-state index contributed by atoms with van der Waals surface area (Å²) in [5, 5.41) is 10.0. The second-order valence-electron chi connectivity index (χ2n) is 5.18. The summed E-state index contributed by atoms with van der Waals surface area (Å²) in [5.41, 5.74) is 2.36.